The molecule has 1 atom stereocenters. The van der Waals surface area contributed by atoms with Gasteiger partial charge in [0.2, 0.25) is 0 Å². The van der Waals surface area contributed by atoms with Gasteiger partial charge >= 0.3 is 0 Å². The van der Waals surface area contributed by atoms with Crippen molar-refractivity contribution >= 4 is 39.1 Å². The first kappa shape index (κ1) is 13.6. The summed E-state index contributed by atoms with van der Waals surface area (Å²) in [5.41, 5.74) is 7.70. The van der Waals surface area contributed by atoms with Gasteiger partial charge in [0.1, 0.15) is 0 Å². The normalized spacial score (nSPS) is 12.5. The van der Waals surface area contributed by atoms with Gasteiger partial charge in [-0.1, -0.05) is 0 Å². The third kappa shape index (κ3) is 3.28. The predicted octanol–water partition coefficient (Wildman–Crippen LogP) is 3.00. The molecule has 0 aromatic carbocycles. The van der Waals surface area contributed by atoms with Crippen molar-refractivity contribution in [2.45, 2.75) is 19.4 Å². The minimum absolute atomic E-state index is 0.466. The van der Waals surface area contributed by atoms with Crippen molar-refractivity contribution < 1.29 is 0 Å². The Labute approximate surface area is 110 Å². The van der Waals surface area contributed by atoms with E-state index in [1.807, 2.05) is 11.8 Å². The molecule has 0 aliphatic heterocycles. The third-order valence-electron chi connectivity index (χ3n) is 2.65. The maximum absolute atomic E-state index is 5.95. The van der Waals surface area contributed by atoms with E-state index in [-0.39, 0.29) is 0 Å². The average Bonchev–Trinajstić information content (AvgIpc) is 2.25. The molecule has 1 aromatic heterocycles. The van der Waals surface area contributed by atoms with Crippen LogP contribution in [0.5, 0.6) is 0 Å². The number of nitrogen functional groups attached to an aromatic ring is 1. The number of hydrogen-bond donors (Lipinski definition) is 1. The molecule has 0 saturated heterocycles. The summed E-state index contributed by atoms with van der Waals surface area (Å²) in [6, 6.07) is 0.466. The molecule has 16 heavy (non-hydrogen) atoms. The van der Waals surface area contributed by atoms with Gasteiger partial charge in [-0.2, -0.15) is 11.8 Å². The van der Waals surface area contributed by atoms with Crippen molar-refractivity contribution in [3.8, 4) is 0 Å². The Hall–Kier alpha value is -0.420. The second-order valence-electron chi connectivity index (χ2n) is 3.80. The number of hydrogen-bond acceptors (Lipinski definition) is 4. The summed E-state index contributed by atoms with van der Waals surface area (Å²) in [5.74, 6) is 1.16. The first-order valence-electron chi connectivity index (χ1n) is 5.18. The Morgan fingerprint density at radius 1 is 1.56 bits per heavy atom. The van der Waals surface area contributed by atoms with Crippen LogP contribution in [0, 0.1) is 0 Å². The standard InChI is InChI=1S/C11H18BrN3S/c1-8(4-5-16-3)15(2)11-9(12)6-14-7-10(11)13/h6-8H,4-5,13H2,1-3H3. The third-order valence-corrected chi connectivity index (χ3v) is 3.88. The van der Waals surface area contributed by atoms with E-state index in [1.54, 1.807) is 12.4 Å². The number of halogens is 1. The molecule has 0 aliphatic carbocycles. The summed E-state index contributed by atoms with van der Waals surface area (Å²) < 4.78 is 0.950. The fourth-order valence-electron chi connectivity index (χ4n) is 1.52. The molecule has 0 saturated carbocycles. The highest BCUT2D eigenvalue weighted by molar-refractivity contribution is 9.10. The van der Waals surface area contributed by atoms with E-state index in [2.05, 4.69) is 46.0 Å². The minimum atomic E-state index is 0.466. The molecule has 90 valence electrons. The van der Waals surface area contributed by atoms with Crippen LogP contribution in [0.3, 0.4) is 0 Å². The number of anilines is 2. The van der Waals surface area contributed by atoms with Gasteiger partial charge in [-0.3, -0.25) is 4.98 Å². The lowest BCUT2D eigenvalue weighted by Crippen LogP contribution is -2.30. The summed E-state index contributed by atoms with van der Waals surface area (Å²) in [6.45, 7) is 2.21. The van der Waals surface area contributed by atoms with Gasteiger partial charge in [-0.05, 0) is 41.3 Å². The SMILES string of the molecule is CSCCC(C)N(C)c1c(N)cncc1Br. The smallest absolute Gasteiger partial charge is 0.0775 e. The average molecular weight is 304 g/mol. The highest BCUT2D eigenvalue weighted by Crippen LogP contribution is 2.32. The topological polar surface area (TPSA) is 42.1 Å². The minimum Gasteiger partial charge on any atom is -0.396 e. The van der Waals surface area contributed by atoms with Crippen LogP contribution in [0.4, 0.5) is 11.4 Å². The van der Waals surface area contributed by atoms with Gasteiger partial charge in [0.25, 0.3) is 0 Å². The highest BCUT2D eigenvalue weighted by atomic mass is 79.9. The summed E-state index contributed by atoms with van der Waals surface area (Å²) in [6.07, 6.45) is 6.75. The van der Waals surface area contributed by atoms with Gasteiger partial charge in [0, 0.05) is 19.3 Å². The number of aromatic nitrogens is 1. The lowest BCUT2D eigenvalue weighted by molar-refractivity contribution is 0.669. The van der Waals surface area contributed by atoms with E-state index in [4.69, 9.17) is 5.73 Å². The van der Waals surface area contributed by atoms with Crippen LogP contribution in [-0.2, 0) is 0 Å². The van der Waals surface area contributed by atoms with Crippen molar-refractivity contribution in [1.82, 2.24) is 4.98 Å². The molecule has 1 rings (SSSR count). The van der Waals surface area contributed by atoms with Gasteiger partial charge in [0.05, 0.1) is 22.0 Å². The van der Waals surface area contributed by atoms with E-state index >= 15 is 0 Å². The molecule has 1 unspecified atom stereocenters. The Balaban J connectivity index is 2.82. The van der Waals surface area contributed by atoms with E-state index in [0.29, 0.717) is 11.7 Å². The molecular weight excluding hydrogens is 286 g/mol. The molecule has 0 radical (unpaired) electrons. The monoisotopic (exact) mass is 303 g/mol. The molecule has 0 spiro atoms. The molecule has 0 fully saturated rings. The molecule has 3 nitrogen and oxygen atoms in total. The highest BCUT2D eigenvalue weighted by Gasteiger charge is 2.15. The van der Waals surface area contributed by atoms with Crippen LogP contribution < -0.4 is 10.6 Å². The molecule has 0 aliphatic rings. The number of rotatable bonds is 5. The van der Waals surface area contributed by atoms with Crippen molar-refractivity contribution in [2.24, 2.45) is 0 Å². The first-order chi connectivity index (χ1) is 7.57. The maximum Gasteiger partial charge on any atom is 0.0775 e. The predicted molar refractivity (Wildman–Crippen MR) is 77.2 cm³/mol. The Kier molecular flexibility index (Phi) is 5.41. The quantitative estimate of drug-likeness (QED) is 0.908. The maximum atomic E-state index is 5.95. The second-order valence-corrected chi connectivity index (χ2v) is 5.64. The fraction of sp³-hybridized carbons (Fsp3) is 0.545. The van der Waals surface area contributed by atoms with E-state index in [1.165, 1.54) is 0 Å². The number of nitrogens with zero attached hydrogens (tertiary/aromatic N) is 2. The zero-order chi connectivity index (χ0) is 12.1. The lowest BCUT2D eigenvalue weighted by Gasteiger charge is -2.28. The molecule has 1 heterocycles. The summed E-state index contributed by atoms with van der Waals surface area (Å²) in [4.78, 5) is 6.25. The number of pyridine rings is 1. The van der Waals surface area contributed by atoms with Gasteiger partial charge < -0.3 is 10.6 Å². The Bertz CT molecular complexity index is 326. The van der Waals surface area contributed by atoms with Crippen molar-refractivity contribution in [3.63, 3.8) is 0 Å². The first-order valence-corrected chi connectivity index (χ1v) is 7.37. The number of thioether (sulfide) groups is 1. The van der Waals surface area contributed by atoms with Crippen molar-refractivity contribution in [3.05, 3.63) is 16.9 Å². The molecule has 0 amide bonds. The lowest BCUT2D eigenvalue weighted by atomic mass is 10.2. The molecule has 5 heteroatoms. The van der Waals surface area contributed by atoms with Crippen LogP contribution in [0.2, 0.25) is 0 Å². The summed E-state index contributed by atoms with van der Waals surface area (Å²) >= 11 is 5.36. The molecular formula is C11H18BrN3S. The van der Waals surface area contributed by atoms with Crippen molar-refractivity contribution in [1.29, 1.82) is 0 Å². The zero-order valence-electron chi connectivity index (χ0n) is 9.90. The zero-order valence-corrected chi connectivity index (χ0v) is 12.3. The van der Waals surface area contributed by atoms with Crippen LogP contribution in [0.1, 0.15) is 13.3 Å². The number of nitrogens with two attached hydrogens (primary N) is 1. The molecule has 1 aromatic rings. The molecule has 0 bridgehead atoms. The Morgan fingerprint density at radius 3 is 2.81 bits per heavy atom. The summed E-state index contributed by atoms with van der Waals surface area (Å²) in [7, 11) is 2.07. The van der Waals surface area contributed by atoms with Crippen molar-refractivity contribution in [2.75, 3.05) is 29.7 Å². The van der Waals surface area contributed by atoms with Gasteiger partial charge in [0.15, 0.2) is 0 Å². The fourth-order valence-corrected chi connectivity index (χ4v) is 2.72. The summed E-state index contributed by atoms with van der Waals surface area (Å²) in [5, 5.41) is 0. The van der Waals surface area contributed by atoms with Crippen LogP contribution in [0.15, 0.2) is 16.9 Å². The second kappa shape index (κ2) is 6.35. The van der Waals surface area contributed by atoms with Gasteiger partial charge in [-0.15, -0.1) is 0 Å². The van der Waals surface area contributed by atoms with Crippen LogP contribution in [-0.4, -0.2) is 30.1 Å². The van der Waals surface area contributed by atoms with E-state index < -0.39 is 0 Å². The Morgan fingerprint density at radius 2 is 2.25 bits per heavy atom. The van der Waals surface area contributed by atoms with Crippen LogP contribution >= 0.6 is 27.7 Å². The van der Waals surface area contributed by atoms with E-state index in [9.17, 15) is 0 Å². The van der Waals surface area contributed by atoms with Gasteiger partial charge in [-0.25, -0.2) is 0 Å². The largest absolute Gasteiger partial charge is 0.396 e. The molecule has 2 N–H and O–H groups in total. The van der Waals surface area contributed by atoms with Crippen LogP contribution in [0.25, 0.3) is 0 Å². The van der Waals surface area contributed by atoms with E-state index in [0.717, 1.165) is 22.3 Å².